The van der Waals surface area contributed by atoms with E-state index in [4.69, 9.17) is 4.98 Å². The minimum atomic E-state index is 0.417. The molecule has 5 heterocycles. The Morgan fingerprint density at radius 3 is 3.00 bits per heavy atom. The lowest BCUT2D eigenvalue weighted by Gasteiger charge is -2.21. The third-order valence-electron chi connectivity index (χ3n) is 4.87. The van der Waals surface area contributed by atoms with Gasteiger partial charge in [-0.2, -0.15) is 10.1 Å². The first kappa shape index (κ1) is 14.2. The van der Waals surface area contributed by atoms with Crippen molar-refractivity contribution >= 4 is 39.1 Å². The molecule has 0 spiro atoms. The number of fused-ring (bicyclic) bond motifs is 3. The molecule has 3 aromatic rings. The van der Waals surface area contributed by atoms with Crippen molar-refractivity contribution < 1.29 is 0 Å². The van der Waals surface area contributed by atoms with E-state index in [2.05, 4.69) is 31.1 Å². The quantitative estimate of drug-likeness (QED) is 0.583. The zero-order chi connectivity index (χ0) is 16.1. The molecule has 4 N–H and O–H groups in total. The largest absolute Gasteiger partial charge is 0.350 e. The predicted octanol–water partition coefficient (Wildman–Crippen LogP) is 2.77. The summed E-state index contributed by atoms with van der Waals surface area (Å²) in [4.78, 5) is 9.40. The van der Waals surface area contributed by atoms with Gasteiger partial charge < -0.3 is 16.0 Å². The van der Waals surface area contributed by atoms with E-state index < -0.39 is 0 Å². The molecule has 2 saturated heterocycles. The highest BCUT2D eigenvalue weighted by molar-refractivity contribution is 7.17. The number of thiophene rings is 1. The maximum Gasteiger partial charge on any atom is 0.225 e. The van der Waals surface area contributed by atoms with Gasteiger partial charge in [-0.25, -0.2) is 4.98 Å². The first-order valence-corrected chi connectivity index (χ1v) is 9.19. The standard InChI is InChI=1S/C16H19N7S/c1-8-6-13(23-22-8)20-15-14-11(4-5-24-14)18-16(21-15)19-12-7-9-2-3-10(12)17-9/h4-6,9-10,12,17H,2-3,7H2,1H3,(H3,18,19,20,21,22,23)/t9-,10+,12-/m1/s1. The van der Waals surface area contributed by atoms with Crippen LogP contribution in [0.5, 0.6) is 0 Å². The number of anilines is 3. The molecule has 8 heteroatoms. The normalized spacial score (nSPS) is 25.5. The third-order valence-corrected chi connectivity index (χ3v) is 5.78. The van der Waals surface area contributed by atoms with Crippen LogP contribution in [0.25, 0.3) is 10.2 Å². The van der Waals surface area contributed by atoms with Gasteiger partial charge >= 0.3 is 0 Å². The smallest absolute Gasteiger partial charge is 0.225 e. The molecular weight excluding hydrogens is 322 g/mol. The molecule has 2 aliphatic heterocycles. The zero-order valence-corrected chi connectivity index (χ0v) is 14.2. The summed E-state index contributed by atoms with van der Waals surface area (Å²) < 4.78 is 1.05. The maximum atomic E-state index is 4.72. The summed E-state index contributed by atoms with van der Waals surface area (Å²) in [7, 11) is 0. The van der Waals surface area contributed by atoms with E-state index in [1.807, 2.05) is 24.4 Å². The number of H-pyrrole nitrogens is 1. The van der Waals surface area contributed by atoms with Crippen LogP contribution in [0.1, 0.15) is 25.0 Å². The molecule has 2 aliphatic rings. The van der Waals surface area contributed by atoms with Crippen molar-refractivity contribution in [1.29, 1.82) is 0 Å². The lowest BCUT2D eigenvalue weighted by molar-refractivity contribution is 0.525. The number of nitrogens with one attached hydrogen (secondary N) is 4. The second-order valence-corrected chi connectivity index (χ2v) is 7.54. The highest BCUT2D eigenvalue weighted by Crippen LogP contribution is 2.32. The van der Waals surface area contributed by atoms with Crippen molar-refractivity contribution in [3.8, 4) is 0 Å². The molecule has 0 aliphatic carbocycles. The van der Waals surface area contributed by atoms with Gasteiger partial charge in [0.05, 0.1) is 10.2 Å². The Labute approximate surface area is 143 Å². The van der Waals surface area contributed by atoms with Gasteiger partial charge in [0.25, 0.3) is 0 Å². The summed E-state index contributed by atoms with van der Waals surface area (Å²) in [6.07, 6.45) is 3.68. The Morgan fingerprint density at radius 2 is 2.25 bits per heavy atom. The number of aromatic nitrogens is 4. The fraction of sp³-hybridized carbons (Fsp3) is 0.438. The maximum absolute atomic E-state index is 4.72. The van der Waals surface area contributed by atoms with Crippen molar-refractivity contribution in [2.45, 2.75) is 44.3 Å². The molecular formula is C16H19N7S. The van der Waals surface area contributed by atoms with E-state index in [1.165, 1.54) is 12.8 Å². The van der Waals surface area contributed by atoms with Crippen LogP contribution in [-0.4, -0.2) is 38.3 Å². The highest BCUT2D eigenvalue weighted by Gasteiger charge is 2.39. The molecule has 7 nitrogen and oxygen atoms in total. The van der Waals surface area contributed by atoms with E-state index in [0.717, 1.165) is 34.0 Å². The SMILES string of the molecule is Cc1cc(Nc2nc(N[C@@H]3C[C@H]4CC[C@@H]3N4)nc3ccsc23)n[nH]1. The van der Waals surface area contributed by atoms with Crippen molar-refractivity contribution in [3.63, 3.8) is 0 Å². The lowest BCUT2D eigenvalue weighted by atomic mass is 9.96. The number of hydrogen-bond donors (Lipinski definition) is 4. The minimum Gasteiger partial charge on any atom is -0.350 e. The molecule has 5 rings (SSSR count). The Kier molecular flexibility index (Phi) is 3.20. The molecule has 3 atom stereocenters. The molecule has 124 valence electrons. The molecule has 0 radical (unpaired) electrons. The van der Waals surface area contributed by atoms with Crippen molar-refractivity contribution in [1.82, 2.24) is 25.5 Å². The summed E-state index contributed by atoms with van der Waals surface area (Å²) >= 11 is 1.64. The molecule has 0 aromatic carbocycles. The van der Waals surface area contributed by atoms with E-state index >= 15 is 0 Å². The average Bonchev–Trinajstić information content (AvgIpc) is 3.31. The summed E-state index contributed by atoms with van der Waals surface area (Å²) in [5, 5.41) is 19.7. The van der Waals surface area contributed by atoms with Crippen LogP contribution in [0.2, 0.25) is 0 Å². The number of nitrogens with zero attached hydrogens (tertiary/aromatic N) is 3. The van der Waals surface area contributed by atoms with Crippen LogP contribution in [0.15, 0.2) is 17.5 Å². The monoisotopic (exact) mass is 341 g/mol. The molecule has 2 fully saturated rings. The van der Waals surface area contributed by atoms with Gasteiger partial charge in [-0.15, -0.1) is 11.3 Å². The van der Waals surface area contributed by atoms with Crippen molar-refractivity contribution in [3.05, 3.63) is 23.2 Å². The molecule has 24 heavy (non-hydrogen) atoms. The van der Waals surface area contributed by atoms with Gasteiger partial charge in [0.1, 0.15) is 0 Å². The lowest BCUT2D eigenvalue weighted by Crippen LogP contribution is -2.34. The summed E-state index contributed by atoms with van der Waals surface area (Å²) in [6, 6.07) is 5.62. The Morgan fingerprint density at radius 1 is 1.29 bits per heavy atom. The first-order valence-electron chi connectivity index (χ1n) is 8.31. The summed E-state index contributed by atoms with van der Waals surface area (Å²) in [5.41, 5.74) is 1.98. The van der Waals surface area contributed by atoms with Crippen LogP contribution < -0.4 is 16.0 Å². The van der Waals surface area contributed by atoms with E-state index in [-0.39, 0.29) is 0 Å². The van der Waals surface area contributed by atoms with Gasteiger partial charge in [-0.1, -0.05) is 0 Å². The molecule has 2 bridgehead atoms. The van der Waals surface area contributed by atoms with Crippen LogP contribution in [0, 0.1) is 6.92 Å². The number of aromatic amines is 1. The van der Waals surface area contributed by atoms with Crippen LogP contribution in [0.4, 0.5) is 17.6 Å². The third kappa shape index (κ3) is 2.42. The first-order chi connectivity index (χ1) is 11.7. The predicted molar refractivity (Wildman–Crippen MR) is 96.0 cm³/mol. The summed E-state index contributed by atoms with van der Waals surface area (Å²) in [5.74, 6) is 2.27. The van der Waals surface area contributed by atoms with Crippen LogP contribution in [-0.2, 0) is 0 Å². The van der Waals surface area contributed by atoms with Gasteiger partial charge in [0.15, 0.2) is 11.6 Å². The molecule has 0 amide bonds. The van der Waals surface area contributed by atoms with E-state index in [9.17, 15) is 0 Å². The van der Waals surface area contributed by atoms with E-state index in [0.29, 0.717) is 24.1 Å². The van der Waals surface area contributed by atoms with Crippen LogP contribution in [0.3, 0.4) is 0 Å². The Hall–Kier alpha value is -2.19. The molecule has 0 saturated carbocycles. The fourth-order valence-corrected chi connectivity index (χ4v) is 4.54. The minimum absolute atomic E-state index is 0.417. The number of hydrogen-bond acceptors (Lipinski definition) is 7. The summed E-state index contributed by atoms with van der Waals surface area (Å²) in [6.45, 7) is 1.98. The fourth-order valence-electron chi connectivity index (χ4n) is 3.77. The van der Waals surface area contributed by atoms with Crippen LogP contribution >= 0.6 is 11.3 Å². The second-order valence-electron chi connectivity index (χ2n) is 6.63. The van der Waals surface area contributed by atoms with Gasteiger partial charge in [-0.05, 0) is 37.6 Å². The van der Waals surface area contributed by atoms with Crippen molar-refractivity contribution in [2.24, 2.45) is 0 Å². The van der Waals surface area contributed by atoms with Crippen molar-refractivity contribution in [2.75, 3.05) is 10.6 Å². The van der Waals surface area contributed by atoms with E-state index in [1.54, 1.807) is 11.3 Å². The highest BCUT2D eigenvalue weighted by atomic mass is 32.1. The molecule has 0 unspecified atom stereocenters. The van der Waals surface area contributed by atoms with Gasteiger partial charge in [0, 0.05) is 29.9 Å². The Bertz CT molecular complexity index is 886. The molecule has 3 aromatic heterocycles. The second kappa shape index (κ2) is 5.42. The Balaban J connectivity index is 1.46. The average molecular weight is 341 g/mol. The zero-order valence-electron chi connectivity index (χ0n) is 13.3. The van der Waals surface area contributed by atoms with Gasteiger partial charge in [-0.3, -0.25) is 5.10 Å². The number of rotatable bonds is 4. The topological polar surface area (TPSA) is 90.6 Å². The number of aryl methyl sites for hydroxylation is 1. The van der Waals surface area contributed by atoms with Gasteiger partial charge in [0.2, 0.25) is 5.95 Å².